The summed E-state index contributed by atoms with van der Waals surface area (Å²) < 4.78 is 0.194. The van der Waals surface area contributed by atoms with Crippen LogP contribution in [0.25, 0.3) is 0 Å². The fourth-order valence-corrected chi connectivity index (χ4v) is 0.622. The van der Waals surface area contributed by atoms with E-state index in [2.05, 4.69) is 38.7 Å². The standard InChI is InChI=1S/2C2H5.CH3NS2.Cu/c2*1-2;2-1(3)4;/h2*1H2,2H3;(H3,2,3,4);. The first-order valence-electron chi connectivity index (χ1n) is 2.56. The van der Waals surface area contributed by atoms with Crippen molar-refractivity contribution >= 4 is 29.2 Å². The van der Waals surface area contributed by atoms with E-state index in [-0.39, 0.29) is 4.32 Å². The summed E-state index contributed by atoms with van der Waals surface area (Å²) in [6, 6.07) is 0. The van der Waals surface area contributed by atoms with Gasteiger partial charge >= 0.3 is 39.4 Å². The maximum absolute atomic E-state index is 4.71. The smallest absolute Gasteiger partial charge is 0.128 e. The Morgan fingerprint density at radius 2 is 1.78 bits per heavy atom. The molecule has 2 N–H and O–H groups in total. The average molecular weight is 215 g/mol. The molecule has 0 amide bonds. The quantitative estimate of drug-likeness (QED) is 0.419. The summed E-state index contributed by atoms with van der Waals surface area (Å²) >= 11 is 9.69. The number of thiol groups is 1. The summed E-state index contributed by atoms with van der Waals surface area (Å²) in [6.07, 6.45) is 0. The summed E-state index contributed by atoms with van der Waals surface area (Å²) in [5.74, 6) is 0. The zero-order valence-electron chi connectivity index (χ0n) is 5.65. The molecule has 0 atom stereocenters. The zero-order chi connectivity index (χ0) is 7.70. The molecule has 61 valence electrons. The summed E-state index contributed by atoms with van der Waals surface area (Å²) in [5, 5.41) is 2.50. The van der Waals surface area contributed by atoms with Crippen molar-refractivity contribution in [1.29, 1.82) is 0 Å². The van der Waals surface area contributed by atoms with Crippen molar-refractivity contribution in [1.82, 2.24) is 0 Å². The molecule has 0 rings (SSSR count). The number of thiocarbonyl (C=S) groups is 1. The van der Waals surface area contributed by atoms with Crippen LogP contribution in [-0.2, 0) is 15.0 Å². The summed E-state index contributed by atoms with van der Waals surface area (Å²) in [5.41, 5.74) is 4.71. The van der Waals surface area contributed by atoms with Crippen LogP contribution in [0.4, 0.5) is 0 Å². The molecular formula is C5H13CuNS2. The molecule has 0 saturated heterocycles. The molecule has 0 unspecified atom stereocenters. The van der Waals surface area contributed by atoms with Crippen LogP contribution in [0, 0.1) is 0 Å². The second-order valence-corrected chi connectivity index (χ2v) is 3.94. The van der Waals surface area contributed by atoms with Crippen molar-refractivity contribution in [2.75, 3.05) is 0 Å². The van der Waals surface area contributed by atoms with Gasteiger partial charge in [0.15, 0.2) is 0 Å². The number of rotatable bonds is 2. The number of hydrogen-bond acceptors (Lipinski definition) is 1. The monoisotopic (exact) mass is 214 g/mol. The molecule has 0 aliphatic heterocycles. The van der Waals surface area contributed by atoms with E-state index in [1.807, 2.05) is 15.0 Å². The van der Waals surface area contributed by atoms with Crippen LogP contribution in [0.3, 0.4) is 0 Å². The van der Waals surface area contributed by atoms with E-state index in [9.17, 15) is 0 Å². The van der Waals surface area contributed by atoms with Crippen molar-refractivity contribution in [3.63, 3.8) is 0 Å². The summed E-state index contributed by atoms with van der Waals surface area (Å²) in [4.78, 5) is 0. The van der Waals surface area contributed by atoms with E-state index < -0.39 is 0 Å². The summed E-state index contributed by atoms with van der Waals surface area (Å²) in [6.45, 7) is 4.34. The molecule has 0 saturated carbocycles. The van der Waals surface area contributed by atoms with Gasteiger partial charge in [-0.25, -0.2) is 0 Å². The van der Waals surface area contributed by atoms with E-state index in [0.29, 0.717) is 0 Å². The van der Waals surface area contributed by atoms with Crippen LogP contribution in [-0.4, -0.2) is 4.32 Å². The third-order valence-corrected chi connectivity index (χ3v) is 1.24. The predicted octanol–water partition coefficient (Wildman–Crippen LogP) is 2.11. The Morgan fingerprint density at radius 1 is 1.56 bits per heavy atom. The molecule has 0 aromatic carbocycles. The Bertz CT molecular complexity index is 62.0. The maximum Gasteiger partial charge on any atom is 0.128 e. The van der Waals surface area contributed by atoms with E-state index >= 15 is 0 Å². The van der Waals surface area contributed by atoms with Gasteiger partial charge in [0.25, 0.3) is 0 Å². The maximum atomic E-state index is 4.71. The van der Waals surface area contributed by atoms with Gasteiger partial charge in [0.05, 0.1) is 0 Å². The van der Waals surface area contributed by atoms with Crippen LogP contribution in [0.1, 0.15) is 13.8 Å². The van der Waals surface area contributed by atoms with Gasteiger partial charge in [0.2, 0.25) is 0 Å². The van der Waals surface area contributed by atoms with Gasteiger partial charge < -0.3 is 5.73 Å². The van der Waals surface area contributed by atoms with Gasteiger partial charge in [-0.15, -0.1) is 12.6 Å². The average Bonchev–Trinajstić information content (AvgIpc) is 1.66. The van der Waals surface area contributed by atoms with Crippen molar-refractivity contribution in [3.05, 3.63) is 0 Å². The van der Waals surface area contributed by atoms with Crippen LogP contribution in [0.5, 0.6) is 0 Å². The van der Waals surface area contributed by atoms with Crippen LogP contribution >= 0.6 is 24.8 Å². The molecule has 4 heteroatoms. The SMILES string of the molecule is C[CH2][Cu][CH2]C.NC(=S)S. The predicted molar refractivity (Wildman–Crippen MR) is 46.7 cm³/mol. The second-order valence-electron chi connectivity index (χ2n) is 0.915. The first-order valence-corrected chi connectivity index (χ1v) is 4.74. The third kappa shape index (κ3) is 52.6. The Kier molecular flexibility index (Phi) is 16.0. The molecule has 0 aromatic rings. The normalized spacial score (nSPS) is 7.89. The number of nitrogens with two attached hydrogens (primary N) is 1. The largest absolute Gasteiger partial charge is 0.385 e. The van der Waals surface area contributed by atoms with Crippen molar-refractivity contribution in [3.8, 4) is 0 Å². The minimum atomic E-state index is 0.194. The molecule has 0 radical (unpaired) electrons. The van der Waals surface area contributed by atoms with Crippen LogP contribution in [0.2, 0.25) is 10.6 Å². The Hall–Kier alpha value is 0.759. The minimum absolute atomic E-state index is 0.194. The van der Waals surface area contributed by atoms with Gasteiger partial charge in [0.1, 0.15) is 4.32 Å². The van der Waals surface area contributed by atoms with E-state index in [4.69, 9.17) is 5.73 Å². The second kappa shape index (κ2) is 11.5. The first-order chi connectivity index (χ1) is 4.15. The van der Waals surface area contributed by atoms with E-state index in [1.54, 1.807) is 0 Å². The molecule has 0 aromatic heterocycles. The molecule has 9 heavy (non-hydrogen) atoms. The van der Waals surface area contributed by atoms with Gasteiger partial charge in [-0.05, 0) is 0 Å². The summed E-state index contributed by atoms with van der Waals surface area (Å²) in [7, 11) is 0. The van der Waals surface area contributed by atoms with Gasteiger partial charge in [-0.2, -0.15) is 0 Å². The molecule has 0 aliphatic rings. The molecule has 0 aliphatic carbocycles. The molecule has 0 spiro atoms. The number of hydrogen-bond donors (Lipinski definition) is 2. The zero-order valence-corrected chi connectivity index (χ0v) is 8.30. The van der Waals surface area contributed by atoms with Crippen molar-refractivity contribution in [2.45, 2.75) is 24.5 Å². The van der Waals surface area contributed by atoms with E-state index in [0.717, 1.165) is 0 Å². The molecule has 0 bridgehead atoms. The van der Waals surface area contributed by atoms with Crippen molar-refractivity contribution < 1.29 is 15.0 Å². The minimum Gasteiger partial charge on any atom is -0.385 e. The van der Waals surface area contributed by atoms with Gasteiger partial charge in [0, 0.05) is 0 Å². The molecular weight excluding hydrogens is 202 g/mol. The Morgan fingerprint density at radius 3 is 1.78 bits per heavy atom. The Balaban J connectivity index is 0. The third-order valence-electron chi connectivity index (χ3n) is 0.302. The first kappa shape index (κ1) is 12.4. The molecule has 1 nitrogen and oxygen atoms in total. The van der Waals surface area contributed by atoms with Crippen LogP contribution < -0.4 is 5.73 Å². The topological polar surface area (TPSA) is 26.0 Å². The fraction of sp³-hybridized carbons (Fsp3) is 0.800. The molecule has 0 heterocycles. The van der Waals surface area contributed by atoms with Crippen molar-refractivity contribution in [2.24, 2.45) is 5.73 Å². The molecule has 0 fully saturated rings. The fourth-order valence-electron chi connectivity index (χ4n) is 0.151. The van der Waals surface area contributed by atoms with Gasteiger partial charge in [-0.1, -0.05) is 12.2 Å². The van der Waals surface area contributed by atoms with Crippen LogP contribution in [0.15, 0.2) is 0 Å². The van der Waals surface area contributed by atoms with E-state index in [1.165, 1.54) is 10.6 Å². The van der Waals surface area contributed by atoms with Gasteiger partial charge in [-0.3, -0.25) is 0 Å². The Labute approximate surface area is 74.3 Å².